The molecule has 0 rings (SSSR count). The van der Waals surface area contributed by atoms with Crippen molar-refractivity contribution in [3.63, 3.8) is 0 Å². The first-order valence-electron chi connectivity index (χ1n) is 9.00. The van der Waals surface area contributed by atoms with Gasteiger partial charge in [0.15, 0.2) is 0 Å². The molecular weight excluding hydrogens is 370 g/mol. The summed E-state index contributed by atoms with van der Waals surface area (Å²) in [5, 5.41) is 16.4. The number of rotatable bonds is 12. The van der Waals surface area contributed by atoms with Crippen molar-refractivity contribution < 1.29 is 29.1 Å². The van der Waals surface area contributed by atoms with Gasteiger partial charge < -0.3 is 32.5 Å². The van der Waals surface area contributed by atoms with Crippen LogP contribution in [0.3, 0.4) is 0 Å². The summed E-state index contributed by atoms with van der Waals surface area (Å²) >= 11 is 0. The van der Waals surface area contributed by atoms with Crippen LogP contribution in [0.25, 0.3) is 0 Å². The molecule has 3 atom stereocenters. The van der Waals surface area contributed by atoms with Gasteiger partial charge in [0.2, 0.25) is 23.6 Å². The second-order valence-corrected chi connectivity index (χ2v) is 7.25. The van der Waals surface area contributed by atoms with Crippen LogP contribution in [0.4, 0.5) is 0 Å². The molecule has 0 aliphatic carbocycles. The third-order valence-corrected chi connectivity index (χ3v) is 3.81. The molecule has 0 aromatic carbocycles. The van der Waals surface area contributed by atoms with Crippen LogP contribution in [0.5, 0.6) is 0 Å². The van der Waals surface area contributed by atoms with E-state index in [0.717, 1.165) is 0 Å². The minimum absolute atomic E-state index is 0.00778. The van der Waals surface area contributed by atoms with Gasteiger partial charge in [-0.05, 0) is 18.3 Å². The van der Waals surface area contributed by atoms with Crippen molar-refractivity contribution in [1.82, 2.24) is 16.0 Å². The zero-order valence-corrected chi connectivity index (χ0v) is 16.7. The standard InChI is InChI=1S/C17H31N5O6/c1-8(2)5-10(16(26)22-14(9(3)4)17(27)28)21-15(25)11(6-12(19)23)20-13(24)7-18/h8-11,14H,5-7,18H2,1-4H3,(H2,19,23)(H,20,24)(H,21,25)(H,22,26)(H,27,28). The molecule has 0 aromatic rings. The summed E-state index contributed by atoms with van der Waals surface area (Å²) in [6.45, 7) is 6.52. The summed E-state index contributed by atoms with van der Waals surface area (Å²) < 4.78 is 0. The van der Waals surface area contributed by atoms with E-state index in [-0.39, 0.29) is 18.3 Å². The second-order valence-electron chi connectivity index (χ2n) is 7.25. The molecule has 0 aromatic heterocycles. The first-order chi connectivity index (χ1) is 12.9. The molecule has 0 aliphatic heterocycles. The molecular formula is C17H31N5O6. The lowest BCUT2D eigenvalue weighted by molar-refractivity contribution is -0.143. The molecule has 0 saturated carbocycles. The average molecular weight is 401 g/mol. The Bertz CT molecular complexity index is 593. The van der Waals surface area contributed by atoms with Gasteiger partial charge in [-0.1, -0.05) is 27.7 Å². The van der Waals surface area contributed by atoms with E-state index in [2.05, 4.69) is 16.0 Å². The fourth-order valence-corrected chi connectivity index (χ4v) is 2.41. The van der Waals surface area contributed by atoms with Crippen molar-refractivity contribution in [2.75, 3.05) is 6.54 Å². The predicted octanol–water partition coefficient (Wildman–Crippen LogP) is -1.94. The number of carbonyl (C=O) groups is 5. The van der Waals surface area contributed by atoms with Crippen LogP contribution < -0.4 is 27.4 Å². The van der Waals surface area contributed by atoms with Gasteiger partial charge in [0, 0.05) is 0 Å². The van der Waals surface area contributed by atoms with Gasteiger partial charge in [-0.25, -0.2) is 4.79 Å². The van der Waals surface area contributed by atoms with Crippen LogP contribution in [0.2, 0.25) is 0 Å². The molecule has 0 saturated heterocycles. The van der Waals surface area contributed by atoms with Gasteiger partial charge in [-0.2, -0.15) is 0 Å². The van der Waals surface area contributed by atoms with E-state index < -0.39 is 60.7 Å². The topological polar surface area (TPSA) is 194 Å². The van der Waals surface area contributed by atoms with Crippen LogP contribution in [-0.4, -0.2) is 59.4 Å². The fourth-order valence-electron chi connectivity index (χ4n) is 2.41. The molecule has 0 heterocycles. The van der Waals surface area contributed by atoms with Crippen molar-refractivity contribution in [3.8, 4) is 0 Å². The van der Waals surface area contributed by atoms with Gasteiger partial charge in [-0.3, -0.25) is 19.2 Å². The van der Waals surface area contributed by atoms with Crippen LogP contribution in [0.15, 0.2) is 0 Å². The van der Waals surface area contributed by atoms with Gasteiger partial charge >= 0.3 is 5.97 Å². The van der Waals surface area contributed by atoms with Gasteiger partial charge in [0.05, 0.1) is 13.0 Å². The highest BCUT2D eigenvalue weighted by atomic mass is 16.4. The predicted molar refractivity (Wildman–Crippen MR) is 101 cm³/mol. The Morgan fingerprint density at radius 2 is 1.43 bits per heavy atom. The van der Waals surface area contributed by atoms with E-state index in [4.69, 9.17) is 11.5 Å². The molecule has 11 heteroatoms. The van der Waals surface area contributed by atoms with Crippen molar-refractivity contribution >= 4 is 29.6 Å². The molecule has 3 unspecified atom stereocenters. The Kier molecular flexibility index (Phi) is 10.8. The highest BCUT2D eigenvalue weighted by molar-refractivity contribution is 5.95. The van der Waals surface area contributed by atoms with Gasteiger partial charge in [0.1, 0.15) is 18.1 Å². The van der Waals surface area contributed by atoms with Crippen molar-refractivity contribution in [2.24, 2.45) is 23.3 Å². The van der Waals surface area contributed by atoms with Gasteiger partial charge in [0.25, 0.3) is 0 Å². The highest BCUT2D eigenvalue weighted by Crippen LogP contribution is 2.08. The summed E-state index contributed by atoms with van der Waals surface area (Å²) in [6, 6.07) is -3.48. The largest absolute Gasteiger partial charge is 0.480 e. The number of amides is 4. The quantitative estimate of drug-likeness (QED) is 0.219. The highest BCUT2D eigenvalue weighted by Gasteiger charge is 2.31. The molecule has 0 radical (unpaired) electrons. The summed E-state index contributed by atoms with van der Waals surface area (Å²) in [6.07, 6.45) is -0.256. The number of hydrogen-bond acceptors (Lipinski definition) is 6. The van der Waals surface area contributed by atoms with Crippen LogP contribution in [0, 0.1) is 11.8 Å². The maximum absolute atomic E-state index is 12.6. The monoisotopic (exact) mass is 401 g/mol. The summed E-state index contributed by atoms with van der Waals surface area (Å²) in [7, 11) is 0. The number of primary amides is 1. The molecule has 0 spiro atoms. The lowest BCUT2D eigenvalue weighted by Gasteiger charge is -2.26. The number of nitrogens with two attached hydrogens (primary N) is 2. The fraction of sp³-hybridized carbons (Fsp3) is 0.706. The first kappa shape index (κ1) is 25.3. The Morgan fingerprint density at radius 3 is 1.82 bits per heavy atom. The van der Waals surface area contributed by atoms with E-state index in [9.17, 15) is 29.1 Å². The van der Waals surface area contributed by atoms with E-state index in [1.807, 2.05) is 13.8 Å². The molecule has 4 amide bonds. The third-order valence-electron chi connectivity index (χ3n) is 3.81. The Labute approximate surface area is 164 Å². The first-order valence-corrected chi connectivity index (χ1v) is 9.00. The molecule has 0 bridgehead atoms. The maximum Gasteiger partial charge on any atom is 0.326 e. The van der Waals surface area contributed by atoms with E-state index in [0.29, 0.717) is 0 Å². The molecule has 0 aliphatic rings. The van der Waals surface area contributed by atoms with E-state index in [1.54, 1.807) is 13.8 Å². The van der Waals surface area contributed by atoms with Crippen LogP contribution in [-0.2, 0) is 24.0 Å². The second kappa shape index (κ2) is 11.9. The minimum Gasteiger partial charge on any atom is -0.480 e. The van der Waals surface area contributed by atoms with Crippen molar-refractivity contribution in [1.29, 1.82) is 0 Å². The summed E-state index contributed by atoms with van der Waals surface area (Å²) in [4.78, 5) is 59.1. The normalized spacial score (nSPS) is 14.1. The average Bonchev–Trinajstić information content (AvgIpc) is 2.56. The summed E-state index contributed by atoms with van der Waals surface area (Å²) in [5.74, 6) is -4.54. The SMILES string of the molecule is CC(C)CC(NC(=O)C(CC(N)=O)NC(=O)CN)C(=O)NC(C(=O)O)C(C)C. The Balaban J connectivity index is 5.38. The molecule has 160 valence electrons. The Hall–Kier alpha value is -2.69. The number of hydrogen-bond donors (Lipinski definition) is 6. The number of carboxylic acid groups (broad SMARTS) is 1. The van der Waals surface area contributed by atoms with E-state index in [1.165, 1.54) is 0 Å². The lowest BCUT2D eigenvalue weighted by atomic mass is 10.00. The number of aliphatic carboxylic acids is 1. The van der Waals surface area contributed by atoms with Crippen molar-refractivity contribution in [2.45, 2.75) is 58.7 Å². The Morgan fingerprint density at radius 1 is 0.893 bits per heavy atom. The molecule has 28 heavy (non-hydrogen) atoms. The lowest BCUT2D eigenvalue weighted by Crippen LogP contribution is -2.57. The molecule has 8 N–H and O–H groups in total. The number of carbonyl (C=O) groups excluding carboxylic acids is 4. The number of nitrogens with one attached hydrogen (secondary N) is 3. The van der Waals surface area contributed by atoms with Crippen LogP contribution in [0.1, 0.15) is 40.5 Å². The molecule has 11 nitrogen and oxygen atoms in total. The minimum atomic E-state index is -1.30. The summed E-state index contributed by atoms with van der Waals surface area (Å²) in [5.41, 5.74) is 10.3. The third kappa shape index (κ3) is 9.31. The van der Waals surface area contributed by atoms with Gasteiger partial charge in [-0.15, -0.1) is 0 Å². The zero-order valence-electron chi connectivity index (χ0n) is 16.7. The zero-order chi connectivity index (χ0) is 22.0. The van der Waals surface area contributed by atoms with Crippen molar-refractivity contribution in [3.05, 3.63) is 0 Å². The van der Waals surface area contributed by atoms with Crippen LogP contribution >= 0.6 is 0 Å². The van der Waals surface area contributed by atoms with E-state index >= 15 is 0 Å². The smallest absolute Gasteiger partial charge is 0.326 e. The number of carboxylic acids is 1. The molecule has 0 fully saturated rings. The maximum atomic E-state index is 12.6.